The number of benzene rings is 2. The lowest BCUT2D eigenvalue weighted by Gasteiger charge is -2.21. The third-order valence-electron chi connectivity index (χ3n) is 5.01. The molecule has 1 amide bonds. The van der Waals surface area contributed by atoms with Crippen molar-refractivity contribution in [1.82, 2.24) is 9.97 Å². The van der Waals surface area contributed by atoms with Gasteiger partial charge in [0.2, 0.25) is 5.91 Å². The number of fused-ring (bicyclic) bond motifs is 3. The number of hydrogen-bond acceptors (Lipinski definition) is 6. The normalized spacial score (nSPS) is 11.0. The molecule has 0 saturated heterocycles. The molecule has 0 saturated carbocycles. The number of amides is 1. The van der Waals surface area contributed by atoms with Gasteiger partial charge in [-0.15, -0.1) is 0 Å². The molecule has 0 aliphatic heterocycles. The maximum atomic E-state index is 12.6. The van der Waals surface area contributed by atoms with Crippen molar-refractivity contribution in [3.63, 3.8) is 0 Å². The summed E-state index contributed by atoms with van der Waals surface area (Å²) >= 11 is 0. The van der Waals surface area contributed by atoms with Crippen molar-refractivity contribution in [1.29, 1.82) is 0 Å². The van der Waals surface area contributed by atoms with Gasteiger partial charge in [-0.2, -0.15) is 0 Å². The Morgan fingerprint density at radius 2 is 1.73 bits per heavy atom. The van der Waals surface area contributed by atoms with Crippen LogP contribution in [0.15, 0.2) is 57.7 Å². The van der Waals surface area contributed by atoms with Crippen LogP contribution in [0.5, 0.6) is 0 Å². The van der Waals surface area contributed by atoms with Crippen LogP contribution >= 0.6 is 0 Å². The highest BCUT2D eigenvalue weighted by atomic mass is 16.4. The van der Waals surface area contributed by atoms with Crippen molar-refractivity contribution < 1.29 is 9.21 Å². The van der Waals surface area contributed by atoms with Crippen LogP contribution in [0.1, 0.15) is 20.8 Å². The second-order valence-electron chi connectivity index (χ2n) is 6.91. The lowest BCUT2D eigenvalue weighted by Crippen LogP contribution is -2.21. The average molecular weight is 402 g/mol. The number of aromatic nitrogens is 2. The topological polar surface area (TPSA) is 88.3 Å². The fraction of sp³-hybridized carbons (Fsp3) is 0.217. The second-order valence-corrected chi connectivity index (χ2v) is 6.91. The largest absolute Gasteiger partial charge is 0.422 e. The summed E-state index contributed by atoms with van der Waals surface area (Å²) in [5, 5.41) is 3.50. The van der Waals surface area contributed by atoms with Crippen LogP contribution in [0.3, 0.4) is 0 Å². The van der Waals surface area contributed by atoms with E-state index in [2.05, 4.69) is 34.0 Å². The van der Waals surface area contributed by atoms with E-state index in [0.29, 0.717) is 22.3 Å². The minimum atomic E-state index is -0.587. The number of carbonyl (C=O) groups excluding carboxylic acids is 1. The molecule has 0 aliphatic carbocycles. The predicted molar refractivity (Wildman–Crippen MR) is 119 cm³/mol. The number of rotatable bonds is 5. The highest BCUT2D eigenvalue weighted by molar-refractivity contribution is 6.08. The van der Waals surface area contributed by atoms with E-state index >= 15 is 0 Å². The van der Waals surface area contributed by atoms with Gasteiger partial charge in [0, 0.05) is 36.7 Å². The van der Waals surface area contributed by atoms with Gasteiger partial charge in [0.1, 0.15) is 11.0 Å². The summed E-state index contributed by atoms with van der Waals surface area (Å²) in [5.74, 6) is 0.244. The van der Waals surface area contributed by atoms with Gasteiger partial charge < -0.3 is 14.6 Å². The molecule has 0 spiro atoms. The molecule has 0 atom stereocenters. The molecule has 4 rings (SSSR count). The molecule has 0 radical (unpaired) electrons. The molecule has 0 bridgehead atoms. The number of nitrogens with zero attached hydrogens (tertiary/aromatic N) is 3. The minimum absolute atomic E-state index is 0.148. The van der Waals surface area contributed by atoms with Gasteiger partial charge in [0.05, 0.1) is 5.52 Å². The monoisotopic (exact) mass is 402 g/mol. The summed E-state index contributed by atoms with van der Waals surface area (Å²) in [4.78, 5) is 35.8. The predicted octanol–water partition coefficient (Wildman–Crippen LogP) is 4.21. The smallest absolute Gasteiger partial charge is 0.349 e. The summed E-state index contributed by atoms with van der Waals surface area (Å²) in [5.41, 5.74) is 2.19. The number of para-hydroxylation sites is 1. The minimum Gasteiger partial charge on any atom is -0.422 e. The molecule has 7 heteroatoms. The summed E-state index contributed by atoms with van der Waals surface area (Å²) in [7, 11) is 0. The molecular formula is C23H22N4O3. The van der Waals surface area contributed by atoms with Crippen LogP contribution in [0, 0.1) is 0 Å². The van der Waals surface area contributed by atoms with Gasteiger partial charge in [-0.05, 0) is 50.2 Å². The molecule has 7 nitrogen and oxygen atoms in total. The zero-order chi connectivity index (χ0) is 21.3. The Balaban J connectivity index is 1.95. The number of carbonyl (C=O) groups is 1. The maximum Gasteiger partial charge on any atom is 0.349 e. The summed E-state index contributed by atoms with van der Waals surface area (Å²) in [6.45, 7) is 7.42. The first kappa shape index (κ1) is 19.6. The molecule has 0 fully saturated rings. The van der Waals surface area contributed by atoms with Gasteiger partial charge in [-0.1, -0.05) is 12.1 Å². The number of anilines is 2. The summed E-state index contributed by atoms with van der Waals surface area (Å²) in [6.07, 6.45) is 0. The van der Waals surface area contributed by atoms with Crippen molar-refractivity contribution in [2.45, 2.75) is 20.8 Å². The molecule has 0 unspecified atom stereocenters. The second kappa shape index (κ2) is 7.94. The highest BCUT2D eigenvalue weighted by Gasteiger charge is 2.18. The lowest BCUT2D eigenvalue weighted by atomic mass is 10.1. The van der Waals surface area contributed by atoms with Gasteiger partial charge >= 0.3 is 5.63 Å². The Kier molecular flexibility index (Phi) is 5.18. The Morgan fingerprint density at radius 3 is 2.40 bits per heavy atom. The van der Waals surface area contributed by atoms with Gasteiger partial charge in [0.15, 0.2) is 11.6 Å². The van der Waals surface area contributed by atoms with E-state index in [1.165, 1.54) is 6.92 Å². The lowest BCUT2D eigenvalue weighted by molar-refractivity contribution is -0.114. The van der Waals surface area contributed by atoms with Crippen LogP contribution in [0.4, 0.5) is 11.5 Å². The zero-order valence-electron chi connectivity index (χ0n) is 17.1. The van der Waals surface area contributed by atoms with E-state index in [9.17, 15) is 9.59 Å². The molecule has 2 aromatic heterocycles. The van der Waals surface area contributed by atoms with E-state index < -0.39 is 5.63 Å². The van der Waals surface area contributed by atoms with Crippen molar-refractivity contribution in [2.75, 3.05) is 23.3 Å². The number of hydrogen-bond donors (Lipinski definition) is 1. The van der Waals surface area contributed by atoms with Gasteiger partial charge in [0.25, 0.3) is 0 Å². The Labute approximate surface area is 173 Å². The summed E-state index contributed by atoms with van der Waals surface area (Å²) < 4.78 is 5.42. The molecule has 2 aromatic carbocycles. The molecule has 4 aromatic rings. The van der Waals surface area contributed by atoms with E-state index in [1.807, 2.05) is 36.4 Å². The number of nitrogens with one attached hydrogen (secondary N) is 1. The first-order valence-electron chi connectivity index (χ1n) is 9.88. The quantitative estimate of drug-likeness (QED) is 0.397. The fourth-order valence-corrected chi connectivity index (χ4v) is 3.55. The molecule has 1 N–H and O–H groups in total. The summed E-state index contributed by atoms with van der Waals surface area (Å²) in [6, 6.07) is 15.1. The maximum absolute atomic E-state index is 12.6. The van der Waals surface area contributed by atoms with Gasteiger partial charge in [-0.3, -0.25) is 4.79 Å². The molecular weight excluding hydrogens is 380 g/mol. The highest BCUT2D eigenvalue weighted by Crippen LogP contribution is 2.29. The van der Waals surface area contributed by atoms with Crippen LogP contribution in [-0.4, -0.2) is 29.0 Å². The van der Waals surface area contributed by atoms with Crippen molar-refractivity contribution in [3.8, 4) is 11.4 Å². The fourth-order valence-electron chi connectivity index (χ4n) is 3.55. The molecule has 30 heavy (non-hydrogen) atoms. The molecule has 0 aliphatic rings. The first-order valence-corrected chi connectivity index (χ1v) is 9.88. The van der Waals surface area contributed by atoms with E-state index in [-0.39, 0.29) is 17.1 Å². The SMILES string of the molecule is CCN(CC)c1ccc(-c2nc(NC(C)=O)c3c(=O)oc4ccccc4c3n2)cc1. The van der Waals surface area contributed by atoms with Gasteiger partial charge in [-0.25, -0.2) is 14.8 Å². The van der Waals surface area contributed by atoms with Crippen molar-refractivity contribution >= 4 is 39.3 Å². The van der Waals surface area contributed by atoms with Crippen LogP contribution < -0.4 is 15.8 Å². The zero-order valence-corrected chi connectivity index (χ0v) is 17.1. The van der Waals surface area contributed by atoms with Crippen molar-refractivity contribution in [3.05, 3.63) is 59.0 Å². The Bertz CT molecular complexity index is 1290. The van der Waals surface area contributed by atoms with E-state index in [1.54, 1.807) is 12.1 Å². The van der Waals surface area contributed by atoms with E-state index in [4.69, 9.17) is 4.42 Å². The van der Waals surface area contributed by atoms with E-state index in [0.717, 1.165) is 24.3 Å². The standard InChI is InChI=1S/C23H22N4O3/c1-4-27(5-2)16-12-10-15(11-13-16)21-25-20-17-8-6-7-9-18(17)30-23(29)19(20)22(26-21)24-14(3)28/h6-13H,4-5H2,1-3H3,(H,24,25,26,28). The van der Waals surface area contributed by atoms with Crippen LogP contribution in [0.2, 0.25) is 0 Å². The van der Waals surface area contributed by atoms with Crippen LogP contribution in [0.25, 0.3) is 33.3 Å². The first-order chi connectivity index (χ1) is 14.5. The average Bonchev–Trinajstić information content (AvgIpc) is 2.74. The molecule has 2 heterocycles. The van der Waals surface area contributed by atoms with Crippen LogP contribution in [-0.2, 0) is 4.79 Å². The van der Waals surface area contributed by atoms with Crippen molar-refractivity contribution in [2.24, 2.45) is 0 Å². The Morgan fingerprint density at radius 1 is 1.03 bits per heavy atom. The Hall–Kier alpha value is -3.74. The third kappa shape index (κ3) is 3.50. The molecule has 152 valence electrons. The third-order valence-corrected chi connectivity index (χ3v) is 5.01.